The van der Waals surface area contributed by atoms with Crippen LogP contribution in [0, 0.1) is 0 Å². The fourth-order valence-corrected chi connectivity index (χ4v) is 3.08. The van der Waals surface area contributed by atoms with Gasteiger partial charge in [0.05, 0.1) is 6.10 Å². The summed E-state index contributed by atoms with van der Waals surface area (Å²) in [5.41, 5.74) is 5.57. The summed E-state index contributed by atoms with van der Waals surface area (Å²) in [6.07, 6.45) is 1.43. The van der Waals surface area contributed by atoms with Crippen molar-refractivity contribution in [1.29, 1.82) is 0 Å². The van der Waals surface area contributed by atoms with Crippen LogP contribution in [0.3, 0.4) is 0 Å². The van der Waals surface area contributed by atoms with E-state index in [2.05, 4.69) is 29.0 Å². The van der Waals surface area contributed by atoms with Crippen molar-refractivity contribution in [2.24, 2.45) is 5.73 Å². The minimum atomic E-state index is -0.303. The van der Waals surface area contributed by atoms with Gasteiger partial charge in [-0.05, 0) is 26.3 Å². The number of nitrogens with two attached hydrogens (primary N) is 1. The molecule has 1 unspecified atom stereocenters. The van der Waals surface area contributed by atoms with Crippen LogP contribution in [0.1, 0.15) is 26.7 Å². The van der Waals surface area contributed by atoms with E-state index >= 15 is 0 Å². The number of ether oxygens (including phenoxy) is 1. The highest BCUT2D eigenvalue weighted by molar-refractivity contribution is 5.81. The largest absolute Gasteiger partial charge is 0.364 e. The molecule has 2 fully saturated rings. The molecule has 1 amide bonds. The zero-order chi connectivity index (χ0) is 15.2. The molecular weight excluding hydrogens is 268 g/mol. The Morgan fingerprint density at radius 3 is 2.62 bits per heavy atom. The Hall–Kier alpha value is -0.690. The predicted octanol–water partition coefficient (Wildman–Crippen LogP) is -0.365. The molecule has 6 heteroatoms. The lowest BCUT2D eigenvalue weighted by atomic mass is 10.2. The highest BCUT2D eigenvalue weighted by Gasteiger charge is 2.30. The Balaban J connectivity index is 1.67. The smallest absolute Gasteiger partial charge is 0.249 e. The fraction of sp³-hybridized carbons (Fsp3) is 0.933. The molecule has 122 valence electrons. The summed E-state index contributed by atoms with van der Waals surface area (Å²) in [5.74, 6) is 0.0185. The predicted molar refractivity (Wildman–Crippen MR) is 83.1 cm³/mol. The number of carbonyl (C=O) groups is 1. The van der Waals surface area contributed by atoms with Crippen LogP contribution in [0.25, 0.3) is 0 Å². The van der Waals surface area contributed by atoms with Crippen molar-refractivity contribution in [2.75, 3.05) is 45.8 Å². The molecular formula is C15H30N4O2. The van der Waals surface area contributed by atoms with E-state index in [1.54, 1.807) is 0 Å². The normalized spacial score (nSPS) is 29.5. The molecule has 2 heterocycles. The second kappa shape index (κ2) is 8.08. The number of nitrogens with one attached hydrogen (secondary N) is 1. The molecule has 0 radical (unpaired) electrons. The molecule has 3 atom stereocenters. The van der Waals surface area contributed by atoms with Gasteiger partial charge < -0.3 is 20.7 Å². The number of rotatable bonds is 6. The first-order valence-corrected chi connectivity index (χ1v) is 8.23. The first-order chi connectivity index (χ1) is 10.1. The second-order valence-corrected chi connectivity index (χ2v) is 6.12. The summed E-state index contributed by atoms with van der Waals surface area (Å²) in [7, 11) is 0. The first kappa shape index (κ1) is 16.7. The summed E-state index contributed by atoms with van der Waals surface area (Å²) < 4.78 is 5.62. The van der Waals surface area contributed by atoms with Crippen LogP contribution in [-0.2, 0) is 9.53 Å². The number of nitrogens with zero attached hydrogens (tertiary/aromatic N) is 2. The van der Waals surface area contributed by atoms with Crippen molar-refractivity contribution in [2.45, 2.75) is 44.9 Å². The summed E-state index contributed by atoms with van der Waals surface area (Å²) in [6.45, 7) is 11.1. The molecule has 2 rings (SSSR count). The van der Waals surface area contributed by atoms with Gasteiger partial charge in [-0.25, -0.2) is 0 Å². The minimum absolute atomic E-state index is 0.0185. The molecule has 0 aliphatic carbocycles. The average molecular weight is 298 g/mol. The molecule has 0 saturated carbocycles. The molecule has 0 bridgehead atoms. The van der Waals surface area contributed by atoms with E-state index < -0.39 is 0 Å². The summed E-state index contributed by atoms with van der Waals surface area (Å²) >= 11 is 0. The Kier molecular flexibility index (Phi) is 6.41. The number of hydrogen-bond donors (Lipinski definition) is 2. The van der Waals surface area contributed by atoms with Crippen LogP contribution in [0.15, 0.2) is 0 Å². The van der Waals surface area contributed by atoms with Gasteiger partial charge in [-0.15, -0.1) is 0 Å². The van der Waals surface area contributed by atoms with E-state index in [-0.39, 0.29) is 18.1 Å². The number of likely N-dealkylation sites (N-methyl/N-ethyl adjacent to an activating group) is 1. The zero-order valence-electron chi connectivity index (χ0n) is 13.4. The maximum Gasteiger partial charge on any atom is 0.249 e. The van der Waals surface area contributed by atoms with Gasteiger partial charge in [-0.1, -0.05) is 6.92 Å². The lowest BCUT2D eigenvalue weighted by Gasteiger charge is -2.37. The van der Waals surface area contributed by atoms with Gasteiger partial charge in [-0.2, -0.15) is 0 Å². The van der Waals surface area contributed by atoms with E-state index in [0.29, 0.717) is 19.1 Å². The van der Waals surface area contributed by atoms with Gasteiger partial charge >= 0.3 is 0 Å². The lowest BCUT2D eigenvalue weighted by Crippen LogP contribution is -2.52. The SMILES string of the molecule is CCN1CCN(C(C)CNC(=O)[C@@H]2CC[C@H](CN)O2)CC1. The van der Waals surface area contributed by atoms with Crippen molar-refractivity contribution in [3.8, 4) is 0 Å². The summed E-state index contributed by atoms with van der Waals surface area (Å²) in [6, 6.07) is 0.375. The van der Waals surface area contributed by atoms with Gasteiger partial charge in [0, 0.05) is 45.3 Å². The molecule has 21 heavy (non-hydrogen) atoms. The van der Waals surface area contributed by atoms with E-state index in [4.69, 9.17) is 10.5 Å². The Labute approximate surface area is 128 Å². The quantitative estimate of drug-likeness (QED) is 0.700. The van der Waals surface area contributed by atoms with Crippen molar-refractivity contribution < 1.29 is 9.53 Å². The lowest BCUT2D eigenvalue weighted by molar-refractivity contribution is -0.132. The topological polar surface area (TPSA) is 70.8 Å². The van der Waals surface area contributed by atoms with Gasteiger partial charge in [0.1, 0.15) is 6.10 Å². The van der Waals surface area contributed by atoms with Crippen LogP contribution < -0.4 is 11.1 Å². The van der Waals surface area contributed by atoms with Crippen molar-refractivity contribution in [3.63, 3.8) is 0 Å². The van der Waals surface area contributed by atoms with Crippen LogP contribution in [-0.4, -0.2) is 79.8 Å². The Bertz CT molecular complexity index is 332. The van der Waals surface area contributed by atoms with Crippen LogP contribution in [0.5, 0.6) is 0 Å². The third kappa shape index (κ3) is 4.64. The Morgan fingerprint density at radius 1 is 1.33 bits per heavy atom. The van der Waals surface area contributed by atoms with Gasteiger partial charge in [0.25, 0.3) is 0 Å². The standard InChI is InChI=1S/C15H30N4O2/c1-3-18-6-8-19(9-7-18)12(2)11-17-15(20)14-5-4-13(10-16)21-14/h12-14H,3-11,16H2,1-2H3,(H,17,20)/t12?,13-,14+/m1/s1. The third-order valence-electron chi connectivity index (χ3n) is 4.71. The Morgan fingerprint density at radius 2 is 2.05 bits per heavy atom. The van der Waals surface area contributed by atoms with Crippen molar-refractivity contribution >= 4 is 5.91 Å². The number of piperazine rings is 1. The molecule has 0 aromatic heterocycles. The molecule has 0 aromatic carbocycles. The number of hydrogen-bond acceptors (Lipinski definition) is 5. The molecule has 6 nitrogen and oxygen atoms in total. The van der Waals surface area contributed by atoms with E-state index in [1.165, 1.54) is 0 Å². The maximum atomic E-state index is 12.1. The summed E-state index contributed by atoms with van der Waals surface area (Å²) in [5, 5.41) is 3.03. The molecule has 2 saturated heterocycles. The summed E-state index contributed by atoms with van der Waals surface area (Å²) in [4.78, 5) is 17.0. The molecule has 3 N–H and O–H groups in total. The second-order valence-electron chi connectivity index (χ2n) is 6.12. The van der Waals surface area contributed by atoms with E-state index in [1.807, 2.05) is 0 Å². The number of carbonyl (C=O) groups excluding carboxylic acids is 1. The van der Waals surface area contributed by atoms with Crippen molar-refractivity contribution in [3.05, 3.63) is 0 Å². The van der Waals surface area contributed by atoms with E-state index in [9.17, 15) is 4.79 Å². The first-order valence-electron chi connectivity index (χ1n) is 8.23. The minimum Gasteiger partial charge on any atom is -0.364 e. The van der Waals surface area contributed by atoms with Crippen molar-refractivity contribution in [1.82, 2.24) is 15.1 Å². The van der Waals surface area contributed by atoms with Crippen LogP contribution in [0.4, 0.5) is 0 Å². The molecule has 0 spiro atoms. The third-order valence-corrected chi connectivity index (χ3v) is 4.71. The van der Waals surface area contributed by atoms with Crippen LogP contribution >= 0.6 is 0 Å². The van der Waals surface area contributed by atoms with Gasteiger partial charge in [0.2, 0.25) is 5.91 Å². The monoisotopic (exact) mass is 298 g/mol. The van der Waals surface area contributed by atoms with Gasteiger partial charge in [0.15, 0.2) is 0 Å². The highest BCUT2D eigenvalue weighted by atomic mass is 16.5. The average Bonchev–Trinajstić information content (AvgIpc) is 3.01. The van der Waals surface area contributed by atoms with Crippen LogP contribution in [0.2, 0.25) is 0 Å². The molecule has 0 aromatic rings. The fourth-order valence-electron chi connectivity index (χ4n) is 3.08. The molecule has 2 aliphatic rings. The maximum absolute atomic E-state index is 12.1. The van der Waals surface area contributed by atoms with E-state index in [0.717, 1.165) is 45.6 Å². The highest BCUT2D eigenvalue weighted by Crippen LogP contribution is 2.18. The molecule has 2 aliphatic heterocycles. The number of amides is 1. The zero-order valence-corrected chi connectivity index (χ0v) is 13.4. The van der Waals surface area contributed by atoms with Gasteiger partial charge in [-0.3, -0.25) is 9.69 Å².